The second-order valence-corrected chi connectivity index (χ2v) is 3.72. The second-order valence-electron chi connectivity index (χ2n) is 3.33. The largest absolute Gasteiger partial charge is 0.369 e. The van der Waals surface area contributed by atoms with Crippen LogP contribution in [0.15, 0.2) is 18.3 Å². The van der Waals surface area contributed by atoms with Crippen molar-refractivity contribution in [3.63, 3.8) is 0 Å². The van der Waals surface area contributed by atoms with Crippen molar-refractivity contribution < 1.29 is 0 Å². The molecule has 0 spiro atoms. The fourth-order valence-corrected chi connectivity index (χ4v) is 1.69. The van der Waals surface area contributed by atoms with Crippen molar-refractivity contribution in [2.75, 3.05) is 18.0 Å². The normalized spacial score (nSPS) is 22.3. The molecule has 2 rings (SSSR count). The minimum Gasteiger partial charge on any atom is -0.369 e. The van der Waals surface area contributed by atoms with Crippen LogP contribution in [0, 0.1) is 0 Å². The van der Waals surface area contributed by atoms with E-state index in [9.17, 15) is 0 Å². The molecular formula is C9H12ClN3. The van der Waals surface area contributed by atoms with Crippen LogP contribution in [-0.2, 0) is 0 Å². The minimum atomic E-state index is 0.302. The molecule has 0 amide bonds. The Morgan fingerprint density at radius 3 is 2.92 bits per heavy atom. The number of nitrogens with zero attached hydrogens (tertiary/aromatic N) is 2. The van der Waals surface area contributed by atoms with Gasteiger partial charge >= 0.3 is 0 Å². The van der Waals surface area contributed by atoms with Gasteiger partial charge in [-0.25, -0.2) is 4.98 Å². The summed E-state index contributed by atoms with van der Waals surface area (Å²) in [6.45, 7) is 1.94. The zero-order valence-corrected chi connectivity index (χ0v) is 8.04. The van der Waals surface area contributed by atoms with Crippen molar-refractivity contribution in [3.8, 4) is 0 Å². The van der Waals surface area contributed by atoms with Crippen LogP contribution in [-0.4, -0.2) is 24.1 Å². The highest BCUT2D eigenvalue weighted by Gasteiger charge is 2.19. The molecule has 1 fully saturated rings. The zero-order chi connectivity index (χ0) is 9.26. The Hall–Kier alpha value is -0.800. The van der Waals surface area contributed by atoms with E-state index in [4.69, 9.17) is 17.3 Å². The SMILES string of the molecule is N[C@@H]1CCN(c2ccc(Cl)nc2)C1. The summed E-state index contributed by atoms with van der Waals surface area (Å²) < 4.78 is 0. The molecule has 0 saturated carbocycles. The van der Waals surface area contributed by atoms with Crippen LogP contribution in [0.1, 0.15) is 6.42 Å². The van der Waals surface area contributed by atoms with E-state index in [1.54, 1.807) is 12.3 Å². The number of rotatable bonds is 1. The molecule has 13 heavy (non-hydrogen) atoms. The molecule has 0 radical (unpaired) electrons. The van der Waals surface area contributed by atoms with Crippen LogP contribution in [0.25, 0.3) is 0 Å². The van der Waals surface area contributed by atoms with Crippen molar-refractivity contribution in [1.29, 1.82) is 0 Å². The molecule has 0 aromatic carbocycles. The Morgan fingerprint density at radius 1 is 1.54 bits per heavy atom. The molecule has 2 N–H and O–H groups in total. The molecule has 2 heterocycles. The molecule has 0 bridgehead atoms. The Balaban J connectivity index is 2.13. The lowest BCUT2D eigenvalue weighted by Gasteiger charge is -2.17. The predicted molar refractivity (Wildman–Crippen MR) is 54.1 cm³/mol. The summed E-state index contributed by atoms with van der Waals surface area (Å²) in [5.74, 6) is 0. The molecule has 1 aromatic heterocycles. The maximum absolute atomic E-state index is 5.80. The fraction of sp³-hybridized carbons (Fsp3) is 0.444. The van der Waals surface area contributed by atoms with Gasteiger partial charge in [0.15, 0.2) is 0 Å². The van der Waals surface area contributed by atoms with Crippen molar-refractivity contribution in [3.05, 3.63) is 23.5 Å². The Kier molecular flexibility index (Phi) is 2.38. The van der Waals surface area contributed by atoms with Gasteiger partial charge < -0.3 is 10.6 Å². The van der Waals surface area contributed by atoms with Gasteiger partial charge in [-0.15, -0.1) is 0 Å². The van der Waals surface area contributed by atoms with Crippen molar-refractivity contribution in [2.24, 2.45) is 5.73 Å². The Labute approximate surface area is 82.5 Å². The number of pyridine rings is 1. The van der Waals surface area contributed by atoms with Crippen LogP contribution in [0.5, 0.6) is 0 Å². The van der Waals surface area contributed by atoms with Gasteiger partial charge in [0.05, 0.1) is 11.9 Å². The number of hydrogen-bond donors (Lipinski definition) is 1. The smallest absolute Gasteiger partial charge is 0.129 e. The maximum Gasteiger partial charge on any atom is 0.129 e. The predicted octanol–water partition coefficient (Wildman–Crippen LogP) is 1.27. The Bertz CT molecular complexity index is 285. The molecule has 1 atom stereocenters. The summed E-state index contributed by atoms with van der Waals surface area (Å²) in [4.78, 5) is 6.26. The van der Waals surface area contributed by atoms with Gasteiger partial charge in [0.25, 0.3) is 0 Å². The minimum absolute atomic E-state index is 0.302. The molecule has 4 heteroatoms. The van der Waals surface area contributed by atoms with Crippen LogP contribution in [0.2, 0.25) is 5.15 Å². The molecule has 3 nitrogen and oxygen atoms in total. The van der Waals surface area contributed by atoms with Crippen molar-refractivity contribution in [2.45, 2.75) is 12.5 Å². The molecule has 0 aliphatic carbocycles. The summed E-state index contributed by atoms with van der Waals surface area (Å²) in [7, 11) is 0. The van der Waals surface area contributed by atoms with E-state index in [0.717, 1.165) is 25.2 Å². The molecule has 1 saturated heterocycles. The van der Waals surface area contributed by atoms with E-state index in [-0.39, 0.29) is 0 Å². The lowest BCUT2D eigenvalue weighted by Crippen LogP contribution is -2.26. The van der Waals surface area contributed by atoms with E-state index in [1.807, 2.05) is 6.07 Å². The summed E-state index contributed by atoms with van der Waals surface area (Å²) in [6.07, 6.45) is 2.85. The summed E-state index contributed by atoms with van der Waals surface area (Å²) in [6, 6.07) is 4.09. The monoisotopic (exact) mass is 197 g/mol. The fourth-order valence-electron chi connectivity index (χ4n) is 1.58. The zero-order valence-electron chi connectivity index (χ0n) is 7.28. The van der Waals surface area contributed by atoms with E-state index in [0.29, 0.717) is 11.2 Å². The van der Waals surface area contributed by atoms with Crippen LogP contribution in [0.3, 0.4) is 0 Å². The van der Waals surface area contributed by atoms with Crippen LogP contribution < -0.4 is 10.6 Å². The lowest BCUT2D eigenvalue weighted by atomic mass is 10.3. The third kappa shape index (κ3) is 1.92. The molecule has 1 aliphatic heterocycles. The van der Waals surface area contributed by atoms with Crippen LogP contribution >= 0.6 is 11.6 Å². The quantitative estimate of drug-likeness (QED) is 0.690. The molecule has 1 aromatic rings. The van der Waals surface area contributed by atoms with E-state index < -0.39 is 0 Å². The van der Waals surface area contributed by atoms with Gasteiger partial charge in [0.2, 0.25) is 0 Å². The topological polar surface area (TPSA) is 42.1 Å². The number of hydrogen-bond acceptors (Lipinski definition) is 3. The molecule has 70 valence electrons. The summed E-state index contributed by atoms with van der Waals surface area (Å²) >= 11 is 5.69. The Morgan fingerprint density at radius 2 is 2.38 bits per heavy atom. The highest BCUT2D eigenvalue weighted by molar-refractivity contribution is 6.29. The number of halogens is 1. The van der Waals surface area contributed by atoms with Crippen molar-refractivity contribution >= 4 is 17.3 Å². The maximum atomic E-state index is 5.80. The number of nitrogens with two attached hydrogens (primary N) is 1. The van der Waals surface area contributed by atoms with E-state index >= 15 is 0 Å². The first-order valence-electron chi connectivity index (χ1n) is 4.38. The molecule has 0 unspecified atom stereocenters. The van der Waals surface area contributed by atoms with Gasteiger partial charge in [-0.05, 0) is 18.6 Å². The first-order valence-corrected chi connectivity index (χ1v) is 4.75. The van der Waals surface area contributed by atoms with Gasteiger partial charge in [0, 0.05) is 19.1 Å². The summed E-state index contributed by atoms with van der Waals surface area (Å²) in [5.41, 5.74) is 6.91. The lowest BCUT2D eigenvalue weighted by molar-refractivity contribution is 0.752. The number of anilines is 1. The van der Waals surface area contributed by atoms with Gasteiger partial charge in [0.1, 0.15) is 5.15 Å². The molecular weight excluding hydrogens is 186 g/mol. The third-order valence-corrected chi connectivity index (χ3v) is 2.53. The average molecular weight is 198 g/mol. The van der Waals surface area contributed by atoms with Crippen LogP contribution in [0.4, 0.5) is 5.69 Å². The first-order chi connectivity index (χ1) is 6.25. The second kappa shape index (κ2) is 3.52. The molecule has 1 aliphatic rings. The highest BCUT2D eigenvalue weighted by Crippen LogP contribution is 2.19. The van der Waals surface area contributed by atoms with E-state index in [1.165, 1.54) is 0 Å². The van der Waals surface area contributed by atoms with Gasteiger partial charge in [-0.3, -0.25) is 0 Å². The van der Waals surface area contributed by atoms with Gasteiger partial charge in [-0.2, -0.15) is 0 Å². The first kappa shape index (κ1) is 8.78. The highest BCUT2D eigenvalue weighted by atomic mass is 35.5. The average Bonchev–Trinajstić information content (AvgIpc) is 2.53. The third-order valence-electron chi connectivity index (χ3n) is 2.30. The van der Waals surface area contributed by atoms with E-state index in [2.05, 4.69) is 9.88 Å². The van der Waals surface area contributed by atoms with Gasteiger partial charge in [-0.1, -0.05) is 11.6 Å². The van der Waals surface area contributed by atoms with Crippen molar-refractivity contribution in [1.82, 2.24) is 4.98 Å². The standard InChI is InChI=1S/C9H12ClN3/c10-9-2-1-8(5-12-9)13-4-3-7(11)6-13/h1-2,5,7H,3-4,6,11H2/t7-/m1/s1. The number of aromatic nitrogens is 1. The summed E-state index contributed by atoms with van der Waals surface area (Å²) in [5, 5.41) is 0.534.